The van der Waals surface area contributed by atoms with Crippen LogP contribution in [0.15, 0.2) is 0 Å². The first-order valence-electron chi connectivity index (χ1n) is 6.63. The Morgan fingerprint density at radius 2 is 2.11 bits per heavy atom. The molecule has 0 saturated carbocycles. The van der Waals surface area contributed by atoms with Gasteiger partial charge in [0, 0.05) is 18.0 Å². The molecule has 0 aliphatic rings. The van der Waals surface area contributed by atoms with E-state index >= 15 is 0 Å². The predicted molar refractivity (Wildman–Crippen MR) is 79.1 cm³/mol. The standard InChI is InChI=1S/C13H24N4OS/c1-9-15-12(19-17-9)16-11(18)6-5-10(7-8-14)13(2,3)4/h10H,5-8,14H2,1-4H3,(H,15,16,17,18). The molecule has 5 nitrogen and oxygen atoms in total. The highest BCUT2D eigenvalue weighted by molar-refractivity contribution is 7.09. The molecular formula is C13H24N4OS. The molecule has 1 aromatic heterocycles. The summed E-state index contributed by atoms with van der Waals surface area (Å²) in [5, 5.41) is 3.36. The number of carbonyl (C=O) groups excluding carboxylic acids is 1. The molecule has 6 heteroatoms. The Bertz CT molecular complexity index is 411. The molecule has 108 valence electrons. The fraction of sp³-hybridized carbons (Fsp3) is 0.769. The Kier molecular flexibility index (Phi) is 5.87. The molecule has 1 rings (SSSR count). The van der Waals surface area contributed by atoms with E-state index in [1.807, 2.05) is 6.92 Å². The molecule has 1 amide bonds. The predicted octanol–water partition coefficient (Wildman–Crippen LogP) is 2.58. The van der Waals surface area contributed by atoms with Gasteiger partial charge in [0.05, 0.1) is 0 Å². The largest absolute Gasteiger partial charge is 0.330 e. The van der Waals surface area contributed by atoms with Gasteiger partial charge in [-0.3, -0.25) is 4.79 Å². The zero-order chi connectivity index (χ0) is 14.5. The lowest BCUT2D eigenvalue weighted by Gasteiger charge is -2.30. The Balaban J connectivity index is 2.43. The summed E-state index contributed by atoms with van der Waals surface area (Å²) >= 11 is 1.21. The second kappa shape index (κ2) is 6.96. The van der Waals surface area contributed by atoms with Crippen LogP contribution in [0.3, 0.4) is 0 Å². The molecule has 0 saturated heterocycles. The summed E-state index contributed by atoms with van der Waals surface area (Å²) in [6, 6.07) is 0. The second-order valence-corrected chi connectivity index (χ2v) is 6.63. The molecule has 0 spiro atoms. The molecule has 0 aliphatic carbocycles. The van der Waals surface area contributed by atoms with Crippen molar-refractivity contribution in [2.24, 2.45) is 17.1 Å². The summed E-state index contributed by atoms with van der Waals surface area (Å²) < 4.78 is 4.03. The number of anilines is 1. The van der Waals surface area contributed by atoms with Gasteiger partial charge in [0.15, 0.2) is 0 Å². The molecule has 1 unspecified atom stereocenters. The van der Waals surface area contributed by atoms with Crippen molar-refractivity contribution < 1.29 is 4.79 Å². The van der Waals surface area contributed by atoms with Crippen LogP contribution in [-0.2, 0) is 4.79 Å². The third-order valence-electron chi connectivity index (χ3n) is 3.23. The third-order valence-corrected chi connectivity index (χ3v) is 3.96. The number of hydrogen-bond donors (Lipinski definition) is 2. The summed E-state index contributed by atoms with van der Waals surface area (Å²) in [5.41, 5.74) is 5.82. The van der Waals surface area contributed by atoms with Crippen LogP contribution >= 0.6 is 11.5 Å². The number of nitrogens with zero attached hydrogens (tertiary/aromatic N) is 2. The topological polar surface area (TPSA) is 80.9 Å². The minimum Gasteiger partial charge on any atom is -0.330 e. The van der Waals surface area contributed by atoms with E-state index < -0.39 is 0 Å². The van der Waals surface area contributed by atoms with Gasteiger partial charge in [-0.25, -0.2) is 4.98 Å². The van der Waals surface area contributed by atoms with Gasteiger partial charge in [-0.05, 0) is 37.6 Å². The first-order valence-corrected chi connectivity index (χ1v) is 7.40. The number of aromatic nitrogens is 2. The number of amides is 1. The lowest BCUT2D eigenvalue weighted by molar-refractivity contribution is -0.116. The van der Waals surface area contributed by atoms with Crippen LogP contribution in [0.25, 0.3) is 0 Å². The minimum atomic E-state index is 0.00224. The number of rotatable bonds is 6. The second-order valence-electron chi connectivity index (χ2n) is 5.87. The normalized spacial score (nSPS) is 13.3. The monoisotopic (exact) mass is 284 g/mol. The molecule has 0 aliphatic heterocycles. The first-order chi connectivity index (χ1) is 8.82. The molecule has 0 bridgehead atoms. The molecule has 1 aromatic rings. The van der Waals surface area contributed by atoms with Gasteiger partial charge >= 0.3 is 0 Å². The lowest BCUT2D eigenvalue weighted by atomic mass is 9.76. The maximum atomic E-state index is 11.9. The number of hydrogen-bond acceptors (Lipinski definition) is 5. The number of carbonyl (C=O) groups is 1. The van der Waals surface area contributed by atoms with Crippen LogP contribution in [0.5, 0.6) is 0 Å². The van der Waals surface area contributed by atoms with Crippen LogP contribution in [0.2, 0.25) is 0 Å². The van der Waals surface area contributed by atoms with Crippen molar-refractivity contribution in [3.05, 3.63) is 5.82 Å². The SMILES string of the molecule is Cc1nsc(NC(=O)CCC(CCN)C(C)(C)C)n1. The van der Waals surface area contributed by atoms with E-state index in [4.69, 9.17) is 5.73 Å². The quantitative estimate of drug-likeness (QED) is 0.841. The Morgan fingerprint density at radius 1 is 1.42 bits per heavy atom. The van der Waals surface area contributed by atoms with Crippen molar-refractivity contribution in [3.8, 4) is 0 Å². The molecule has 19 heavy (non-hydrogen) atoms. The van der Waals surface area contributed by atoms with Crippen molar-refractivity contribution in [2.75, 3.05) is 11.9 Å². The highest BCUT2D eigenvalue weighted by atomic mass is 32.1. The van der Waals surface area contributed by atoms with Crippen LogP contribution in [0.1, 0.15) is 45.9 Å². The fourth-order valence-corrected chi connectivity index (χ4v) is 2.64. The highest BCUT2D eigenvalue weighted by Crippen LogP contribution is 2.32. The van der Waals surface area contributed by atoms with E-state index in [2.05, 4.69) is 35.4 Å². The van der Waals surface area contributed by atoms with Gasteiger partial charge in [-0.1, -0.05) is 20.8 Å². The molecule has 0 aromatic carbocycles. The number of nitrogens with two attached hydrogens (primary N) is 1. The Hall–Kier alpha value is -1.01. The molecule has 3 N–H and O–H groups in total. The van der Waals surface area contributed by atoms with E-state index in [1.54, 1.807) is 0 Å². The summed E-state index contributed by atoms with van der Waals surface area (Å²) in [7, 11) is 0. The van der Waals surface area contributed by atoms with Crippen molar-refractivity contribution in [1.29, 1.82) is 0 Å². The highest BCUT2D eigenvalue weighted by Gasteiger charge is 2.24. The smallest absolute Gasteiger partial charge is 0.226 e. The van der Waals surface area contributed by atoms with Gasteiger partial charge in [0.25, 0.3) is 0 Å². The lowest BCUT2D eigenvalue weighted by Crippen LogP contribution is -2.25. The van der Waals surface area contributed by atoms with E-state index in [0.717, 1.165) is 12.8 Å². The van der Waals surface area contributed by atoms with E-state index in [1.165, 1.54) is 11.5 Å². The maximum Gasteiger partial charge on any atom is 0.226 e. The average molecular weight is 284 g/mol. The van der Waals surface area contributed by atoms with Gasteiger partial charge in [-0.15, -0.1) is 0 Å². The molecule has 0 fully saturated rings. The Morgan fingerprint density at radius 3 is 2.58 bits per heavy atom. The van der Waals surface area contributed by atoms with Gasteiger partial charge < -0.3 is 11.1 Å². The van der Waals surface area contributed by atoms with Crippen LogP contribution in [0.4, 0.5) is 5.13 Å². The van der Waals surface area contributed by atoms with E-state index in [9.17, 15) is 4.79 Å². The van der Waals surface area contributed by atoms with E-state index in [-0.39, 0.29) is 11.3 Å². The van der Waals surface area contributed by atoms with Crippen LogP contribution in [-0.4, -0.2) is 21.8 Å². The molecule has 1 atom stereocenters. The first kappa shape index (κ1) is 16.0. The van der Waals surface area contributed by atoms with Crippen molar-refractivity contribution in [1.82, 2.24) is 9.36 Å². The van der Waals surface area contributed by atoms with Gasteiger partial charge in [-0.2, -0.15) is 4.37 Å². The average Bonchev–Trinajstić information content (AvgIpc) is 2.68. The molecule has 1 heterocycles. The minimum absolute atomic E-state index is 0.00224. The van der Waals surface area contributed by atoms with Crippen molar-refractivity contribution in [2.45, 2.75) is 47.0 Å². The zero-order valence-corrected chi connectivity index (χ0v) is 13.0. The zero-order valence-electron chi connectivity index (χ0n) is 12.2. The van der Waals surface area contributed by atoms with Crippen molar-refractivity contribution in [3.63, 3.8) is 0 Å². The summed E-state index contributed by atoms with van der Waals surface area (Å²) in [6.07, 6.45) is 2.31. The fourth-order valence-electron chi connectivity index (χ4n) is 2.05. The van der Waals surface area contributed by atoms with Gasteiger partial charge in [0.1, 0.15) is 5.82 Å². The third kappa shape index (κ3) is 5.65. The van der Waals surface area contributed by atoms with Crippen LogP contribution < -0.4 is 11.1 Å². The van der Waals surface area contributed by atoms with Crippen LogP contribution in [0, 0.1) is 18.3 Å². The molecule has 0 radical (unpaired) electrons. The summed E-state index contributed by atoms with van der Waals surface area (Å²) in [5.74, 6) is 1.15. The van der Waals surface area contributed by atoms with Crippen molar-refractivity contribution >= 4 is 22.6 Å². The Labute approximate surface area is 119 Å². The number of aryl methyl sites for hydroxylation is 1. The number of nitrogens with one attached hydrogen (secondary N) is 1. The summed E-state index contributed by atoms with van der Waals surface area (Å²) in [6.45, 7) is 9.06. The molecular weight excluding hydrogens is 260 g/mol. The summed E-state index contributed by atoms with van der Waals surface area (Å²) in [4.78, 5) is 16.0. The van der Waals surface area contributed by atoms with E-state index in [0.29, 0.717) is 29.8 Å². The van der Waals surface area contributed by atoms with Gasteiger partial charge in [0.2, 0.25) is 11.0 Å². The maximum absolute atomic E-state index is 11.9.